The molecule has 2 heterocycles. The molecule has 6 nitrogen and oxygen atoms in total. The fourth-order valence-corrected chi connectivity index (χ4v) is 3.42. The second-order valence-corrected chi connectivity index (χ2v) is 6.64. The molecule has 0 saturated heterocycles. The number of fused-ring (bicyclic) bond motifs is 2. The minimum atomic E-state index is -0.335. The van der Waals surface area contributed by atoms with Gasteiger partial charge in [-0.1, -0.05) is 42.5 Å². The number of imidazole rings is 1. The lowest BCUT2D eigenvalue weighted by Gasteiger charge is -2.05. The Morgan fingerprint density at radius 2 is 1.59 bits per heavy atom. The van der Waals surface area contributed by atoms with Crippen molar-refractivity contribution in [2.75, 3.05) is 0 Å². The molecule has 0 radical (unpaired) electrons. The van der Waals surface area contributed by atoms with E-state index in [2.05, 4.69) is 19.9 Å². The van der Waals surface area contributed by atoms with Crippen LogP contribution in [0.2, 0.25) is 0 Å². The summed E-state index contributed by atoms with van der Waals surface area (Å²) in [5, 5.41) is 11.4. The average molecular weight is 380 g/mol. The Labute approximate surface area is 165 Å². The van der Waals surface area contributed by atoms with Gasteiger partial charge in [0.25, 0.3) is 5.56 Å². The fraction of sp³-hybridized carbons (Fsp3) is 0. The number of benzene rings is 3. The number of hydrogen-bond donors (Lipinski definition) is 3. The summed E-state index contributed by atoms with van der Waals surface area (Å²) in [7, 11) is 0. The largest absolute Gasteiger partial charge is 0.494 e. The van der Waals surface area contributed by atoms with Crippen LogP contribution in [-0.2, 0) is 0 Å². The van der Waals surface area contributed by atoms with Crippen LogP contribution >= 0.6 is 0 Å². The number of hydrogen-bond acceptors (Lipinski definition) is 4. The molecule has 140 valence electrons. The quantitative estimate of drug-likeness (QED) is 0.402. The normalized spacial score (nSPS) is 11.6. The third-order valence-corrected chi connectivity index (χ3v) is 4.83. The number of aromatic nitrogens is 3. The number of nitrogens with one attached hydrogen (secondary N) is 2. The lowest BCUT2D eigenvalue weighted by Crippen LogP contribution is -2.07. The number of pyridine rings is 1. The molecule has 3 N–H and O–H groups in total. The maximum atomic E-state index is 12.1. The summed E-state index contributed by atoms with van der Waals surface area (Å²) in [6.45, 7) is 0. The molecule has 29 heavy (non-hydrogen) atoms. The fourth-order valence-electron chi connectivity index (χ4n) is 3.42. The smallest absolute Gasteiger partial charge is 0.258 e. The highest BCUT2D eigenvalue weighted by molar-refractivity contribution is 6.02. The van der Waals surface area contributed by atoms with Gasteiger partial charge < -0.3 is 10.1 Å². The first-order valence-corrected chi connectivity index (χ1v) is 9.13. The van der Waals surface area contributed by atoms with E-state index in [1.165, 1.54) is 0 Å². The van der Waals surface area contributed by atoms with Crippen molar-refractivity contribution in [2.24, 2.45) is 4.99 Å². The standard InChI is InChI=1S/C23H16N4O2/c28-22-15-8-2-1-7-14(15)17(23(29)27-22)13-24-18-10-4-3-9-16(18)21-25-19-11-5-6-12-20(19)26-21/h1-13H,(H,25,26)(H2,27,28,29). The van der Waals surface area contributed by atoms with E-state index in [4.69, 9.17) is 0 Å². The van der Waals surface area contributed by atoms with Crippen LogP contribution in [0, 0.1) is 0 Å². The molecule has 6 heteroatoms. The Bertz CT molecular complexity index is 1410. The second-order valence-electron chi connectivity index (χ2n) is 6.64. The number of aromatic hydroxyl groups is 1. The Balaban J connectivity index is 1.63. The van der Waals surface area contributed by atoms with E-state index in [1.807, 2.05) is 54.6 Å². The monoisotopic (exact) mass is 380 g/mol. The summed E-state index contributed by atoms with van der Waals surface area (Å²) in [5.74, 6) is 0.508. The molecule has 0 aliphatic rings. The molecule has 0 saturated carbocycles. The molecule has 5 rings (SSSR count). The lowest BCUT2D eigenvalue weighted by molar-refractivity contribution is 0.452. The molecule has 0 unspecified atom stereocenters. The Kier molecular flexibility index (Phi) is 3.95. The molecule has 0 bridgehead atoms. The van der Waals surface area contributed by atoms with Crippen LogP contribution in [0.1, 0.15) is 5.56 Å². The van der Waals surface area contributed by atoms with Crippen molar-refractivity contribution in [3.63, 3.8) is 0 Å². The Hall–Kier alpha value is -4.19. The molecular formula is C23H16N4O2. The topological polar surface area (TPSA) is 94.1 Å². The maximum absolute atomic E-state index is 12.1. The zero-order chi connectivity index (χ0) is 19.8. The number of rotatable bonds is 3. The van der Waals surface area contributed by atoms with Gasteiger partial charge in [0.05, 0.1) is 22.3 Å². The molecule has 0 atom stereocenters. The van der Waals surface area contributed by atoms with Crippen molar-refractivity contribution in [1.82, 2.24) is 15.0 Å². The Morgan fingerprint density at radius 1 is 0.862 bits per heavy atom. The lowest BCUT2D eigenvalue weighted by atomic mass is 10.1. The van der Waals surface area contributed by atoms with E-state index < -0.39 is 0 Å². The van der Waals surface area contributed by atoms with E-state index in [0.29, 0.717) is 22.0 Å². The van der Waals surface area contributed by atoms with Crippen LogP contribution in [0.15, 0.2) is 82.6 Å². The molecule has 0 fully saturated rings. The average Bonchev–Trinajstić information content (AvgIpc) is 3.18. The van der Waals surface area contributed by atoms with Gasteiger partial charge in [0.2, 0.25) is 5.88 Å². The third kappa shape index (κ3) is 2.96. The molecule has 2 aromatic heterocycles. The van der Waals surface area contributed by atoms with Crippen LogP contribution in [0.5, 0.6) is 5.88 Å². The number of para-hydroxylation sites is 3. The summed E-state index contributed by atoms with van der Waals surface area (Å²) < 4.78 is 0. The molecule has 0 amide bonds. The molecule has 5 aromatic rings. The highest BCUT2D eigenvalue weighted by atomic mass is 16.3. The summed E-state index contributed by atoms with van der Waals surface area (Å²) >= 11 is 0. The minimum absolute atomic E-state index is 0.210. The van der Waals surface area contributed by atoms with Crippen molar-refractivity contribution in [2.45, 2.75) is 0 Å². The molecule has 0 aliphatic carbocycles. The zero-order valence-corrected chi connectivity index (χ0v) is 15.3. The van der Waals surface area contributed by atoms with E-state index >= 15 is 0 Å². The maximum Gasteiger partial charge on any atom is 0.258 e. The Morgan fingerprint density at radius 3 is 2.45 bits per heavy atom. The van der Waals surface area contributed by atoms with Crippen LogP contribution in [0.3, 0.4) is 0 Å². The predicted octanol–water partition coefficient (Wildman–Crippen LogP) is 4.53. The summed E-state index contributed by atoms with van der Waals surface area (Å²) in [6, 6.07) is 22.6. The van der Waals surface area contributed by atoms with Gasteiger partial charge in [-0.05, 0) is 30.3 Å². The van der Waals surface area contributed by atoms with Gasteiger partial charge in [-0.3, -0.25) is 14.8 Å². The van der Waals surface area contributed by atoms with Crippen LogP contribution in [0.4, 0.5) is 5.69 Å². The number of nitrogens with zero attached hydrogens (tertiary/aromatic N) is 2. The van der Waals surface area contributed by atoms with Crippen LogP contribution in [0.25, 0.3) is 33.2 Å². The van der Waals surface area contributed by atoms with Gasteiger partial charge in [0.1, 0.15) is 5.82 Å². The third-order valence-electron chi connectivity index (χ3n) is 4.83. The number of aliphatic imine (C=N–C) groups is 1. The zero-order valence-electron chi connectivity index (χ0n) is 15.3. The molecule has 0 spiro atoms. The van der Waals surface area contributed by atoms with E-state index in [-0.39, 0.29) is 11.4 Å². The van der Waals surface area contributed by atoms with Gasteiger partial charge in [0, 0.05) is 22.6 Å². The number of H-pyrrole nitrogens is 2. The van der Waals surface area contributed by atoms with Gasteiger partial charge in [-0.2, -0.15) is 0 Å². The van der Waals surface area contributed by atoms with E-state index in [0.717, 1.165) is 22.4 Å². The summed E-state index contributed by atoms with van der Waals surface area (Å²) in [6.07, 6.45) is 1.56. The van der Waals surface area contributed by atoms with Crippen LogP contribution < -0.4 is 5.56 Å². The van der Waals surface area contributed by atoms with E-state index in [1.54, 1.807) is 24.4 Å². The molecule has 3 aromatic carbocycles. The van der Waals surface area contributed by atoms with Crippen molar-refractivity contribution in [3.8, 4) is 17.3 Å². The van der Waals surface area contributed by atoms with Crippen LogP contribution in [-0.4, -0.2) is 26.3 Å². The highest BCUT2D eigenvalue weighted by Gasteiger charge is 2.11. The summed E-state index contributed by atoms with van der Waals surface area (Å²) in [5.41, 5.74) is 3.49. The minimum Gasteiger partial charge on any atom is -0.494 e. The summed E-state index contributed by atoms with van der Waals surface area (Å²) in [4.78, 5) is 27.1. The van der Waals surface area contributed by atoms with Gasteiger partial charge in [-0.25, -0.2) is 4.98 Å². The first-order valence-electron chi connectivity index (χ1n) is 9.13. The number of aromatic amines is 2. The second kappa shape index (κ2) is 6.76. The first-order chi connectivity index (χ1) is 14.2. The van der Waals surface area contributed by atoms with E-state index in [9.17, 15) is 9.90 Å². The van der Waals surface area contributed by atoms with Crippen molar-refractivity contribution < 1.29 is 5.11 Å². The highest BCUT2D eigenvalue weighted by Crippen LogP contribution is 2.30. The first kappa shape index (κ1) is 16.9. The SMILES string of the molecule is O=c1[nH]c(O)c(C=Nc2ccccc2-c2nc3ccccc3[nH]2)c2ccccc12. The molecular weight excluding hydrogens is 364 g/mol. The predicted molar refractivity (Wildman–Crippen MR) is 115 cm³/mol. The van der Waals surface area contributed by atoms with Crippen molar-refractivity contribution >= 4 is 33.7 Å². The molecule has 0 aliphatic heterocycles. The van der Waals surface area contributed by atoms with Gasteiger partial charge in [0.15, 0.2) is 0 Å². The van der Waals surface area contributed by atoms with Crippen molar-refractivity contribution in [1.29, 1.82) is 0 Å². The van der Waals surface area contributed by atoms with Gasteiger partial charge >= 0.3 is 0 Å². The van der Waals surface area contributed by atoms with Gasteiger partial charge in [-0.15, -0.1) is 0 Å². The van der Waals surface area contributed by atoms with Crippen molar-refractivity contribution in [3.05, 3.63) is 88.7 Å².